The van der Waals surface area contributed by atoms with Crippen LogP contribution in [0.1, 0.15) is 77.7 Å². The van der Waals surface area contributed by atoms with Crippen LogP contribution < -0.4 is 10.6 Å². The fourth-order valence-corrected chi connectivity index (χ4v) is 6.36. The minimum Gasteiger partial charge on any atom is -0.382 e. The number of anilines is 2. The van der Waals surface area contributed by atoms with E-state index in [1.165, 1.54) is 31.7 Å². The number of piperidine rings is 1. The predicted octanol–water partition coefficient (Wildman–Crippen LogP) is 7.58. The number of nitrogens with zero attached hydrogens (tertiary/aromatic N) is 1. The molecule has 2 N–H and O–H groups in total. The highest BCUT2D eigenvalue weighted by Gasteiger charge is 2.43. The third-order valence-electron chi connectivity index (χ3n) is 8.67. The molecule has 0 spiro atoms. The average molecular weight is 542 g/mol. The second-order valence-corrected chi connectivity index (χ2v) is 11.8. The van der Waals surface area contributed by atoms with Crippen molar-refractivity contribution < 1.29 is 14.0 Å². The number of hydrogen-bond acceptors (Lipinski definition) is 3. The Morgan fingerprint density at radius 1 is 0.875 bits per heavy atom. The summed E-state index contributed by atoms with van der Waals surface area (Å²) in [6, 6.07) is 18.7. The van der Waals surface area contributed by atoms with Crippen molar-refractivity contribution in [3.63, 3.8) is 0 Å². The van der Waals surface area contributed by atoms with Crippen molar-refractivity contribution in [1.29, 1.82) is 0 Å². The fourth-order valence-electron chi connectivity index (χ4n) is 6.36. The van der Waals surface area contributed by atoms with Crippen LogP contribution in [0.15, 0.2) is 60.7 Å². The lowest BCUT2D eigenvalue weighted by Gasteiger charge is -2.44. The van der Waals surface area contributed by atoms with Crippen molar-refractivity contribution in [3.8, 4) is 0 Å². The van der Waals surface area contributed by atoms with Crippen LogP contribution in [0, 0.1) is 38.4 Å². The number of nitrogens with one attached hydrogen (secondary N) is 2. The van der Waals surface area contributed by atoms with Gasteiger partial charge in [-0.2, -0.15) is 0 Å². The second-order valence-electron chi connectivity index (χ2n) is 11.8. The normalized spacial score (nSPS) is 21.3. The molecule has 40 heavy (non-hydrogen) atoms. The molecule has 3 atom stereocenters. The summed E-state index contributed by atoms with van der Waals surface area (Å²) < 4.78 is 15.0. The van der Waals surface area contributed by atoms with Crippen LogP contribution in [0.4, 0.5) is 15.8 Å². The van der Waals surface area contributed by atoms with Crippen LogP contribution in [0.2, 0.25) is 0 Å². The Morgan fingerprint density at radius 2 is 1.57 bits per heavy atom. The van der Waals surface area contributed by atoms with Crippen LogP contribution >= 0.6 is 0 Å². The van der Waals surface area contributed by atoms with E-state index in [4.69, 9.17) is 0 Å². The topological polar surface area (TPSA) is 61.4 Å². The number of rotatable bonds is 6. The van der Waals surface area contributed by atoms with E-state index in [2.05, 4.69) is 17.6 Å². The summed E-state index contributed by atoms with van der Waals surface area (Å²) in [4.78, 5) is 29.6. The van der Waals surface area contributed by atoms with E-state index in [1.54, 1.807) is 24.0 Å². The maximum Gasteiger partial charge on any atom is 0.257 e. The van der Waals surface area contributed by atoms with Crippen LogP contribution in [0.25, 0.3) is 0 Å². The molecule has 0 aromatic heterocycles. The number of amides is 2. The molecule has 2 aliphatic rings. The standard InChI is InChI=1S/C34H40FN3O2/c1-21-18-29(33(39)37-28-15-12-22(2)24(4)19-28)32(25-13-16-27(17-14-25)36-26-9-5-6-10-26)38(20-21)34(40)31-23(3)8-7-11-30(31)35/h7-8,11-17,19,21,26,29,32,36H,5-6,9-10,18,20H2,1-4H3,(H,37,39)/t21-,29+,32+/m1/s1. The highest BCUT2D eigenvalue weighted by Crippen LogP contribution is 2.41. The highest BCUT2D eigenvalue weighted by molar-refractivity contribution is 5.98. The summed E-state index contributed by atoms with van der Waals surface area (Å²) in [5.74, 6) is -1.45. The number of aryl methyl sites for hydroxylation is 3. The van der Waals surface area contributed by atoms with Gasteiger partial charge in [-0.05, 0) is 98.5 Å². The molecule has 3 aromatic rings. The largest absolute Gasteiger partial charge is 0.382 e. The smallest absolute Gasteiger partial charge is 0.257 e. The molecular formula is C34H40FN3O2. The zero-order chi connectivity index (χ0) is 28.4. The van der Waals surface area contributed by atoms with Crippen molar-refractivity contribution in [1.82, 2.24) is 4.90 Å². The first-order chi connectivity index (χ1) is 19.2. The number of likely N-dealkylation sites (tertiary alicyclic amines) is 1. The van der Waals surface area contributed by atoms with Crippen LogP contribution in [-0.4, -0.2) is 29.3 Å². The van der Waals surface area contributed by atoms with Gasteiger partial charge in [0.15, 0.2) is 0 Å². The quantitative estimate of drug-likeness (QED) is 0.338. The van der Waals surface area contributed by atoms with E-state index in [9.17, 15) is 9.59 Å². The molecule has 2 amide bonds. The van der Waals surface area contributed by atoms with Crippen molar-refractivity contribution in [2.75, 3.05) is 17.2 Å². The molecule has 1 heterocycles. The molecule has 0 unspecified atom stereocenters. The van der Waals surface area contributed by atoms with Crippen molar-refractivity contribution in [2.24, 2.45) is 11.8 Å². The summed E-state index contributed by atoms with van der Waals surface area (Å²) >= 11 is 0. The average Bonchev–Trinajstić information content (AvgIpc) is 3.44. The maximum absolute atomic E-state index is 15.0. The first-order valence-electron chi connectivity index (χ1n) is 14.5. The molecule has 1 saturated carbocycles. The summed E-state index contributed by atoms with van der Waals surface area (Å²) in [6.45, 7) is 8.32. The SMILES string of the molecule is Cc1ccc(NC(=O)[C@H]2C[C@@H](C)CN(C(=O)c3c(C)cccc3F)[C@H]2c2ccc(NC3CCCC3)cc2)cc1C. The second kappa shape index (κ2) is 11.8. The van der Waals surface area contributed by atoms with E-state index in [-0.39, 0.29) is 23.3 Å². The summed E-state index contributed by atoms with van der Waals surface area (Å²) in [5, 5.41) is 6.74. The maximum atomic E-state index is 15.0. The van der Waals surface area contributed by atoms with E-state index in [0.29, 0.717) is 24.6 Å². The third kappa shape index (κ3) is 5.91. The molecule has 1 saturated heterocycles. The van der Waals surface area contributed by atoms with E-state index in [1.807, 2.05) is 56.3 Å². The van der Waals surface area contributed by atoms with Gasteiger partial charge in [-0.1, -0.05) is 50.1 Å². The molecule has 210 valence electrons. The molecular weight excluding hydrogens is 501 g/mol. The summed E-state index contributed by atoms with van der Waals surface area (Å²) in [5.41, 5.74) is 5.59. The van der Waals surface area contributed by atoms with Gasteiger partial charge in [0.05, 0.1) is 17.5 Å². The molecule has 3 aromatic carbocycles. The van der Waals surface area contributed by atoms with Crippen LogP contribution in [-0.2, 0) is 4.79 Å². The Morgan fingerprint density at radius 3 is 2.25 bits per heavy atom. The number of carbonyl (C=O) groups excluding carboxylic acids is 2. The zero-order valence-corrected chi connectivity index (χ0v) is 24.0. The van der Waals surface area contributed by atoms with Gasteiger partial charge in [-0.15, -0.1) is 0 Å². The first kappa shape index (κ1) is 27.9. The molecule has 5 nitrogen and oxygen atoms in total. The Bertz CT molecular complexity index is 1360. The number of halogens is 1. The van der Waals surface area contributed by atoms with Crippen molar-refractivity contribution >= 4 is 23.2 Å². The minimum atomic E-state index is -0.533. The lowest BCUT2D eigenvalue weighted by atomic mass is 9.79. The van der Waals surface area contributed by atoms with Gasteiger partial charge >= 0.3 is 0 Å². The molecule has 0 radical (unpaired) electrons. The molecule has 5 rings (SSSR count). The van der Waals surface area contributed by atoms with Crippen molar-refractivity contribution in [2.45, 2.75) is 71.9 Å². The van der Waals surface area contributed by atoms with Gasteiger partial charge in [0.25, 0.3) is 5.91 Å². The van der Waals surface area contributed by atoms with Gasteiger partial charge in [-0.25, -0.2) is 4.39 Å². The van der Waals surface area contributed by atoms with Gasteiger partial charge in [0, 0.05) is 24.0 Å². The third-order valence-corrected chi connectivity index (χ3v) is 8.67. The van der Waals surface area contributed by atoms with Gasteiger partial charge in [-0.3, -0.25) is 9.59 Å². The molecule has 6 heteroatoms. The van der Waals surface area contributed by atoms with E-state index >= 15 is 4.39 Å². The van der Waals surface area contributed by atoms with Gasteiger partial charge in [0.1, 0.15) is 5.82 Å². The highest BCUT2D eigenvalue weighted by atomic mass is 19.1. The van der Waals surface area contributed by atoms with E-state index < -0.39 is 17.8 Å². The van der Waals surface area contributed by atoms with Gasteiger partial charge in [0.2, 0.25) is 5.91 Å². The minimum absolute atomic E-state index is 0.0751. The fraction of sp³-hybridized carbons (Fsp3) is 0.412. The Hall–Kier alpha value is -3.67. The molecule has 1 aliphatic heterocycles. The lowest BCUT2D eigenvalue weighted by Crippen LogP contribution is -2.49. The number of benzene rings is 3. The van der Waals surface area contributed by atoms with Crippen LogP contribution in [0.3, 0.4) is 0 Å². The number of carbonyl (C=O) groups is 2. The number of hydrogen-bond donors (Lipinski definition) is 2. The Labute approximate surface area is 237 Å². The van der Waals surface area contributed by atoms with Crippen molar-refractivity contribution in [3.05, 3.63) is 94.3 Å². The first-order valence-corrected chi connectivity index (χ1v) is 14.5. The Balaban J connectivity index is 1.50. The monoisotopic (exact) mass is 541 g/mol. The molecule has 0 bridgehead atoms. The summed E-state index contributed by atoms with van der Waals surface area (Å²) in [6.07, 6.45) is 5.48. The lowest BCUT2D eigenvalue weighted by molar-refractivity contribution is -0.124. The predicted molar refractivity (Wildman–Crippen MR) is 159 cm³/mol. The van der Waals surface area contributed by atoms with E-state index in [0.717, 1.165) is 28.1 Å². The molecule has 1 aliphatic carbocycles. The van der Waals surface area contributed by atoms with Gasteiger partial charge < -0.3 is 15.5 Å². The Kier molecular flexibility index (Phi) is 8.24. The summed E-state index contributed by atoms with van der Waals surface area (Å²) in [7, 11) is 0. The zero-order valence-electron chi connectivity index (χ0n) is 24.0. The molecule has 2 fully saturated rings. The van der Waals surface area contributed by atoms with Crippen LogP contribution in [0.5, 0.6) is 0 Å².